The van der Waals surface area contributed by atoms with Crippen molar-refractivity contribution in [2.24, 2.45) is 4.99 Å². The number of hydrogen-bond donors (Lipinski definition) is 1. The Kier molecular flexibility index (Phi) is 7.94. The number of hydrogen-bond acceptors (Lipinski definition) is 6. The molecule has 0 atom stereocenters. The molecule has 1 aromatic heterocycles. The molecule has 0 radical (unpaired) electrons. The molecule has 2 heterocycles. The van der Waals surface area contributed by atoms with Crippen LogP contribution in [0.3, 0.4) is 0 Å². The van der Waals surface area contributed by atoms with Gasteiger partial charge in [-0.3, -0.25) is 9.69 Å². The second-order valence-electron chi connectivity index (χ2n) is 10.0. The number of nitrogens with one attached hydrogen (secondary N) is 1. The van der Waals surface area contributed by atoms with Gasteiger partial charge in [0.25, 0.3) is 0 Å². The van der Waals surface area contributed by atoms with Gasteiger partial charge < -0.3 is 10.1 Å². The van der Waals surface area contributed by atoms with Gasteiger partial charge in [-0.1, -0.05) is 42.1 Å². The van der Waals surface area contributed by atoms with Crippen LogP contribution in [0, 0.1) is 6.92 Å². The first-order valence-electron chi connectivity index (χ1n) is 13.5. The fourth-order valence-corrected chi connectivity index (χ4v) is 5.45. The zero-order valence-corrected chi connectivity index (χ0v) is 24.4. The lowest BCUT2D eigenvalue weighted by Crippen LogP contribution is -2.41. The zero-order chi connectivity index (χ0) is 32.6. The zero-order valence-electron chi connectivity index (χ0n) is 23.6. The lowest BCUT2D eigenvalue weighted by molar-refractivity contribution is -0.360. The monoisotopic (exact) mass is 652 g/mol. The average Bonchev–Trinajstić information content (AvgIpc) is 3.65. The molecule has 1 fully saturated rings. The first kappa shape index (κ1) is 30.7. The third-order valence-corrected chi connectivity index (χ3v) is 7.77. The van der Waals surface area contributed by atoms with Gasteiger partial charge in [0.2, 0.25) is 5.91 Å². The number of amides is 3. The molecule has 1 N–H and O–H groups in total. The Balaban J connectivity index is 1.14. The normalized spacial score (nSPS) is 14.7. The van der Waals surface area contributed by atoms with Gasteiger partial charge in [0, 0.05) is 11.3 Å². The fourth-order valence-electron chi connectivity index (χ4n) is 4.58. The molecule has 0 spiro atoms. The van der Waals surface area contributed by atoms with E-state index >= 15 is 0 Å². The van der Waals surface area contributed by atoms with Gasteiger partial charge in [-0.05, 0) is 77.9 Å². The van der Waals surface area contributed by atoms with Gasteiger partial charge in [0.15, 0.2) is 11.0 Å². The molecular formula is C31H21F5N6O3S. The van der Waals surface area contributed by atoms with E-state index < -0.39 is 24.1 Å². The quantitative estimate of drug-likeness (QED) is 0.190. The van der Waals surface area contributed by atoms with Crippen molar-refractivity contribution in [1.29, 1.82) is 0 Å². The Bertz CT molecular complexity index is 2000. The number of nitrogens with zero attached hydrogens (tertiary/aromatic N) is 5. The Morgan fingerprint density at radius 3 is 2.37 bits per heavy atom. The summed E-state index contributed by atoms with van der Waals surface area (Å²) in [6, 6.07) is 22.1. The van der Waals surface area contributed by atoms with Crippen LogP contribution in [-0.2, 0) is 4.79 Å². The van der Waals surface area contributed by atoms with E-state index in [0.29, 0.717) is 28.2 Å². The van der Waals surface area contributed by atoms with Crippen molar-refractivity contribution in [2.75, 3.05) is 16.0 Å². The van der Waals surface area contributed by atoms with E-state index in [-0.39, 0.29) is 22.7 Å². The Morgan fingerprint density at radius 2 is 1.65 bits per heavy atom. The third-order valence-electron chi connectivity index (χ3n) is 6.85. The Morgan fingerprint density at radius 1 is 0.935 bits per heavy atom. The van der Waals surface area contributed by atoms with Crippen LogP contribution in [0.25, 0.3) is 27.8 Å². The third kappa shape index (κ3) is 6.26. The summed E-state index contributed by atoms with van der Waals surface area (Å²) in [5.74, 6) is -0.425. The number of rotatable bonds is 6. The second-order valence-corrected chi connectivity index (χ2v) is 11.0. The summed E-state index contributed by atoms with van der Waals surface area (Å²) < 4.78 is 68.7. The number of benzene rings is 4. The maximum Gasteiger partial charge on any atom is 0.499 e. The molecule has 0 bridgehead atoms. The molecule has 1 aliphatic heterocycles. The van der Waals surface area contributed by atoms with Crippen molar-refractivity contribution in [3.05, 3.63) is 96.8 Å². The number of carbonyl (C=O) groups excluding carboxylic acids is 2. The van der Waals surface area contributed by atoms with Crippen molar-refractivity contribution < 1.29 is 36.3 Å². The molecule has 15 heteroatoms. The fraction of sp³-hybridized carbons (Fsp3) is 0.129. The number of amidine groups is 1. The molecule has 3 amide bonds. The summed E-state index contributed by atoms with van der Waals surface area (Å²) in [6.07, 6.45) is -9.84. The minimum Gasteiger partial charge on any atom is -0.426 e. The predicted molar refractivity (Wildman–Crippen MR) is 164 cm³/mol. The van der Waals surface area contributed by atoms with Crippen LogP contribution in [0.2, 0.25) is 0 Å². The van der Waals surface area contributed by atoms with E-state index in [0.717, 1.165) is 22.9 Å². The van der Waals surface area contributed by atoms with Crippen molar-refractivity contribution in [2.45, 2.75) is 19.2 Å². The summed E-state index contributed by atoms with van der Waals surface area (Å²) in [4.78, 5) is 35.4. The van der Waals surface area contributed by atoms with E-state index in [1.165, 1.54) is 39.8 Å². The van der Waals surface area contributed by atoms with Crippen LogP contribution in [0.5, 0.6) is 5.75 Å². The second kappa shape index (κ2) is 11.9. The molecule has 1 saturated heterocycles. The van der Waals surface area contributed by atoms with E-state index in [2.05, 4.69) is 25.1 Å². The summed E-state index contributed by atoms with van der Waals surface area (Å²) >= 11 is 1.17. The molecule has 0 saturated carbocycles. The molecular weight excluding hydrogens is 631 g/mol. The van der Waals surface area contributed by atoms with E-state index in [1.807, 2.05) is 36.4 Å². The largest absolute Gasteiger partial charge is 0.499 e. The number of thioether (sulfide) groups is 1. The molecule has 0 unspecified atom stereocenters. The number of fused-ring (bicyclic) bond motifs is 1. The number of aryl methyl sites for hydroxylation is 1. The van der Waals surface area contributed by atoms with E-state index in [9.17, 15) is 31.5 Å². The summed E-state index contributed by atoms with van der Waals surface area (Å²) in [5.41, 5.74) is 2.67. The van der Waals surface area contributed by atoms with Crippen LogP contribution in [0.1, 0.15) is 5.56 Å². The van der Waals surface area contributed by atoms with Gasteiger partial charge in [-0.2, -0.15) is 26.9 Å². The van der Waals surface area contributed by atoms with Crippen LogP contribution >= 0.6 is 11.8 Å². The highest BCUT2D eigenvalue weighted by Gasteiger charge is 2.61. The van der Waals surface area contributed by atoms with Gasteiger partial charge in [-0.15, -0.1) is 5.10 Å². The van der Waals surface area contributed by atoms with Gasteiger partial charge in [-0.25, -0.2) is 14.5 Å². The molecule has 6 rings (SSSR count). The molecule has 9 nitrogen and oxygen atoms in total. The maximum atomic E-state index is 13.2. The highest BCUT2D eigenvalue weighted by molar-refractivity contribution is 8.15. The molecule has 46 heavy (non-hydrogen) atoms. The first-order chi connectivity index (χ1) is 21.9. The van der Waals surface area contributed by atoms with Gasteiger partial charge in [0.05, 0.1) is 17.1 Å². The standard InChI is InChI=1S/C31H21F5N6O3S/c1-18-14-21(27-37-17-41(40-27)22-9-11-24(12-10-22)45-31(35,36)30(32,33)34)7-13-25(18)38-28(44)39-29-42(26(43)16-46-29)23-8-6-19-4-2-3-5-20(19)15-23/h2-15,17H,16H2,1H3,(H,38,44). The van der Waals surface area contributed by atoms with E-state index in [1.54, 1.807) is 31.2 Å². The lowest BCUT2D eigenvalue weighted by Gasteiger charge is -2.20. The minimum absolute atomic E-state index is 0.151. The molecule has 5 aromatic rings. The minimum atomic E-state index is -5.86. The Labute approximate surface area is 261 Å². The van der Waals surface area contributed by atoms with Crippen molar-refractivity contribution in [3.8, 4) is 22.8 Å². The van der Waals surface area contributed by atoms with Gasteiger partial charge >= 0.3 is 18.3 Å². The molecule has 0 aliphatic carbocycles. The van der Waals surface area contributed by atoms with Crippen LogP contribution in [0.15, 0.2) is 96.2 Å². The SMILES string of the molecule is Cc1cc(-c2ncn(-c3ccc(OC(F)(F)C(F)(F)F)cc3)n2)ccc1NC(=O)N=C1SCC(=O)N1c1ccc2ccccc2c1. The number of anilines is 2. The van der Waals surface area contributed by atoms with Crippen molar-refractivity contribution in [1.82, 2.24) is 14.8 Å². The average molecular weight is 653 g/mol. The predicted octanol–water partition coefficient (Wildman–Crippen LogP) is 7.60. The number of aliphatic imine (C=N–C) groups is 1. The highest BCUT2D eigenvalue weighted by Crippen LogP contribution is 2.37. The van der Waals surface area contributed by atoms with Crippen LogP contribution in [0.4, 0.5) is 38.1 Å². The summed E-state index contributed by atoms with van der Waals surface area (Å²) in [7, 11) is 0. The van der Waals surface area contributed by atoms with Crippen LogP contribution < -0.4 is 15.0 Å². The molecule has 234 valence electrons. The summed E-state index contributed by atoms with van der Waals surface area (Å²) in [6.45, 7) is 1.76. The van der Waals surface area contributed by atoms with Crippen LogP contribution in [-0.4, -0.2) is 49.9 Å². The lowest BCUT2D eigenvalue weighted by atomic mass is 10.1. The number of urea groups is 1. The Hall–Kier alpha value is -5.31. The number of alkyl halides is 5. The highest BCUT2D eigenvalue weighted by atomic mass is 32.2. The number of halogens is 5. The summed E-state index contributed by atoms with van der Waals surface area (Å²) in [5, 5.41) is 9.30. The molecule has 1 aliphatic rings. The van der Waals surface area contributed by atoms with E-state index in [4.69, 9.17) is 0 Å². The maximum absolute atomic E-state index is 13.2. The van der Waals surface area contributed by atoms with Crippen molar-refractivity contribution in [3.63, 3.8) is 0 Å². The first-order valence-corrected chi connectivity index (χ1v) is 14.5. The molecule has 4 aromatic carbocycles. The number of carbonyl (C=O) groups is 2. The van der Waals surface area contributed by atoms with Crippen molar-refractivity contribution >= 4 is 51.0 Å². The smallest absolute Gasteiger partial charge is 0.426 e. The van der Waals surface area contributed by atoms with Gasteiger partial charge in [0.1, 0.15) is 12.1 Å². The number of aromatic nitrogens is 3. The number of ether oxygens (including phenoxy) is 1. The topological polar surface area (TPSA) is 102 Å².